The topological polar surface area (TPSA) is 132 Å². The number of hydrogen-bond acceptors (Lipinski definition) is 6. The molecule has 2 aromatic rings. The molecule has 2 heterocycles. The summed E-state index contributed by atoms with van der Waals surface area (Å²) in [4.78, 5) is 13.9. The zero-order valence-electron chi connectivity index (χ0n) is 11.9. The van der Waals surface area contributed by atoms with Crippen LogP contribution in [0, 0.1) is 0 Å². The van der Waals surface area contributed by atoms with Gasteiger partial charge in [0.25, 0.3) is 0 Å². The first-order chi connectivity index (χ1) is 11.3. The van der Waals surface area contributed by atoms with Gasteiger partial charge in [-0.1, -0.05) is 23.2 Å². The molecule has 1 aliphatic rings. The minimum Gasteiger partial charge on any atom is -0.479 e. The number of hydrogen-bond donors (Lipinski definition) is 5. The van der Waals surface area contributed by atoms with Gasteiger partial charge in [-0.3, -0.25) is 0 Å². The fourth-order valence-electron chi connectivity index (χ4n) is 2.47. The van der Waals surface area contributed by atoms with Crippen LogP contribution in [0.25, 0.3) is 10.9 Å². The van der Waals surface area contributed by atoms with Crippen molar-refractivity contribution in [1.29, 1.82) is 0 Å². The van der Waals surface area contributed by atoms with E-state index in [-0.39, 0.29) is 5.88 Å². The van der Waals surface area contributed by atoms with Crippen LogP contribution in [-0.2, 0) is 9.53 Å². The van der Waals surface area contributed by atoms with E-state index in [1.54, 1.807) is 6.07 Å². The van der Waals surface area contributed by atoms with Gasteiger partial charge < -0.3 is 34.9 Å². The number of halogens is 2. The minimum atomic E-state index is -1.78. The molecule has 10 heteroatoms. The normalized spacial score (nSPS) is 30.5. The molecule has 0 amide bonds. The van der Waals surface area contributed by atoms with Crippen molar-refractivity contribution in [2.75, 3.05) is 0 Å². The van der Waals surface area contributed by atoms with Crippen molar-refractivity contribution < 1.29 is 34.7 Å². The second-order valence-corrected chi connectivity index (χ2v) is 6.18. The Hall–Kier alpha value is -1.55. The Morgan fingerprint density at radius 3 is 2.50 bits per heavy atom. The number of nitrogens with one attached hydrogen (secondary N) is 1. The molecule has 0 spiro atoms. The highest BCUT2D eigenvalue weighted by molar-refractivity contribution is 6.38. The van der Waals surface area contributed by atoms with E-state index in [1.165, 1.54) is 12.1 Å². The molecule has 3 rings (SSSR count). The van der Waals surface area contributed by atoms with Crippen LogP contribution in [0.3, 0.4) is 0 Å². The van der Waals surface area contributed by atoms with E-state index in [4.69, 9.17) is 37.8 Å². The first kappa shape index (κ1) is 17.3. The van der Waals surface area contributed by atoms with E-state index < -0.39 is 36.7 Å². The fourth-order valence-corrected chi connectivity index (χ4v) is 3.02. The van der Waals surface area contributed by atoms with Gasteiger partial charge in [-0.2, -0.15) is 0 Å². The van der Waals surface area contributed by atoms with Gasteiger partial charge in [0.05, 0.1) is 10.5 Å². The Balaban J connectivity index is 1.87. The fraction of sp³-hybridized carbons (Fsp3) is 0.357. The van der Waals surface area contributed by atoms with Crippen LogP contribution in [0.2, 0.25) is 10.0 Å². The average Bonchev–Trinajstić information content (AvgIpc) is 2.90. The van der Waals surface area contributed by atoms with Crippen molar-refractivity contribution in [2.45, 2.75) is 30.7 Å². The molecule has 8 nitrogen and oxygen atoms in total. The SMILES string of the molecule is O=C(O)[C@H]1OC(Oc2cc3c(Cl)cc(Cl)cc3[nH]2)[C@H](O)[C@@H](O)[C@@H]1O. The van der Waals surface area contributed by atoms with E-state index in [0.717, 1.165) is 0 Å². The van der Waals surface area contributed by atoms with Crippen LogP contribution < -0.4 is 4.74 Å². The number of carboxylic acids is 1. The minimum absolute atomic E-state index is 0.117. The highest BCUT2D eigenvalue weighted by Gasteiger charge is 2.48. The lowest BCUT2D eigenvalue weighted by molar-refractivity contribution is -0.271. The Kier molecular flexibility index (Phi) is 4.60. The summed E-state index contributed by atoms with van der Waals surface area (Å²) >= 11 is 12.0. The van der Waals surface area contributed by atoms with Crippen molar-refractivity contribution >= 4 is 40.1 Å². The molecule has 130 valence electrons. The lowest BCUT2D eigenvalue weighted by Gasteiger charge is -2.38. The molecule has 1 saturated heterocycles. The third-order valence-electron chi connectivity index (χ3n) is 3.68. The van der Waals surface area contributed by atoms with E-state index >= 15 is 0 Å². The quantitative estimate of drug-likeness (QED) is 0.532. The lowest BCUT2D eigenvalue weighted by Crippen LogP contribution is -2.61. The maximum Gasteiger partial charge on any atom is 0.335 e. The number of benzene rings is 1. The van der Waals surface area contributed by atoms with Crippen LogP contribution in [0.15, 0.2) is 18.2 Å². The van der Waals surface area contributed by atoms with E-state index in [2.05, 4.69) is 4.98 Å². The number of ether oxygens (including phenoxy) is 2. The van der Waals surface area contributed by atoms with Gasteiger partial charge in [0.2, 0.25) is 6.29 Å². The monoisotopic (exact) mass is 377 g/mol. The van der Waals surface area contributed by atoms with Crippen molar-refractivity contribution in [3.05, 3.63) is 28.2 Å². The van der Waals surface area contributed by atoms with Gasteiger partial charge >= 0.3 is 5.97 Å². The van der Waals surface area contributed by atoms with Crippen LogP contribution in [0.1, 0.15) is 0 Å². The third kappa shape index (κ3) is 3.04. The van der Waals surface area contributed by atoms with Gasteiger partial charge in [-0.25, -0.2) is 4.79 Å². The predicted octanol–water partition coefficient (Wildman–Crippen LogP) is 0.746. The summed E-state index contributed by atoms with van der Waals surface area (Å²) in [5.41, 5.74) is 0.558. The number of fused-ring (bicyclic) bond motifs is 1. The second kappa shape index (κ2) is 6.40. The molecular formula is C14H13Cl2NO7. The molecule has 5 N–H and O–H groups in total. The molecule has 1 aliphatic heterocycles. The number of carboxylic acid groups (broad SMARTS) is 1. The number of aromatic amines is 1. The standard InChI is InChI=1S/C14H13Cl2NO7/c15-4-1-6(16)5-3-8(17-7(5)2-4)23-14-11(20)9(18)10(19)12(24-14)13(21)22/h1-3,9-12,14,17-20H,(H,21,22)/t9-,10-,11+,12-,14?/m0/s1. The predicted molar refractivity (Wildman–Crippen MR) is 83.3 cm³/mol. The summed E-state index contributed by atoms with van der Waals surface area (Å²) in [6.07, 6.45) is -8.43. The van der Waals surface area contributed by atoms with Crippen molar-refractivity contribution in [3.8, 4) is 5.88 Å². The molecular weight excluding hydrogens is 365 g/mol. The largest absolute Gasteiger partial charge is 0.479 e. The van der Waals surface area contributed by atoms with Gasteiger partial charge in [-0.05, 0) is 12.1 Å². The molecule has 1 aromatic heterocycles. The summed E-state index contributed by atoms with van der Waals surface area (Å²) in [5.74, 6) is -1.38. The highest BCUT2D eigenvalue weighted by Crippen LogP contribution is 2.32. The van der Waals surface area contributed by atoms with Crippen molar-refractivity contribution in [3.63, 3.8) is 0 Å². The van der Waals surface area contributed by atoms with Crippen LogP contribution in [0.5, 0.6) is 5.88 Å². The number of aromatic nitrogens is 1. The zero-order valence-corrected chi connectivity index (χ0v) is 13.4. The number of aliphatic hydroxyl groups excluding tert-OH is 3. The molecule has 0 radical (unpaired) electrons. The zero-order chi connectivity index (χ0) is 17.6. The third-order valence-corrected chi connectivity index (χ3v) is 4.21. The number of H-pyrrole nitrogens is 1. The molecule has 0 bridgehead atoms. The van der Waals surface area contributed by atoms with E-state index in [9.17, 15) is 20.1 Å². The lowest BCUT2D eigenvalue weighted by atomic mass is 9.99. The molecule has 5 atom stereocenters. The molecule has 1 unspecified atom stereocenters. The first-order valence-corrected chi connectivity index (χ1v) is 7.60. The summed E-state index contributed by atoms with van der Waals surface area (Å²) in [5, 5.41) is 39.7. The second-order valence-electron chi connectivity index (χ2n) is 5.34. The Bertz CT molecular complexity index is 780. The average molecular weight is 378 g/mol. The maximum atomic E-state index is 11.1. The number of rotatable bonds is 3. The van der Waals surface area contributed by atoms with E-state index in [0.29, 0.717) is 20.9 Å². The van der Waals surface area contributed by atoms with Gasteiger partial charge in [-0.15, -0.1) is 0 Å². The molecule has 1 fully saturated rings. The van der Waals surface area contributed by atoms with Crippen LogP contribution >= 0.6 is 23.2 Å². The molecule has 0 saturated carbocycles. The molecule has 0 aliphatic carbocycles. The van der Waals surface area contributed by atoms with Crippen molar-refractivity contribution in [2.24, 2.45) is 0 Å². The Labute approximate surface area is 145 Å². The summed E-state index contributed by atoms with van der Waals surface area (Å²) in [6, 6.07) is 4.65. The summed E-state index contributed by atoms with van der Waals surface area (Å²) in [6.45, 7) is 0. The van der Waals surface area contributed by atoms with Gasteiger partial charge in [0, 0.05) is 16.5 Å². The molecule has 24 heavy (non-hydrogen) atoms. The Morgan fingerprint density at radius 2 is 1.83 bits per heavy atom. The maximum absolute atomic E-state index is 11.1. The Morgan fingerprint density at radius 1 is 1.12 bits per heavy atom. The summed E-state index contributed by atoms with van der Waals surface area (Å²) in [7, 11) is 0. The first-order valence-electron chi connectivity index (χ1n) is 6.85. The van der Waals surface area contributed by atoms with Gasteiger partial charge in [0.1, 0.15) is 18.3 Å². The number of aliphatic carboxylic acids is 1. The van der Waals surface area contributed by atoms with Crippen LogP contribution in [0.4, 0.5) is 0 Å². The smallest absolute Gasteiger partial charge is 0.335 e. The number of carbonyl (C=O) groups is 1. The molecule has 1 aromatic carbocycles. The van der Waals surface area contributed by atoms with Gasteiger partial charge in [0.15, 0.2) is 12.0 Å². The van der Waals surface area contributed by atoms with E-state index in [1.807, 2.05) is 0 Å². The highest BCUT2D eigenvalue weighted by atomic mass is 35.5. The number of aliphatic hydroxyl groups is 3. The summed E-state index contributed by atoms with van der Waals surface area (Å²) < 4.78 is 10.4. The van der Waals surface area contributed by atoms with Crippen molar-refractivity contribution in [1.82, 2.24) is 4.98 Å². The van der Waals surface area contributed by atoms with Crippen LogP contribution in [-0.4, -0.2) is 62.1 Å².